The molecule has 8 aromatic carbocycles. The van der Waals surface area contributed by atoms with E-state index in [1.165, 1.54) is 75.6 Å². The predicted molar refractivity (Wildman–Crippen MR) is 219 cm³/mol. The van der Waals surface area contributed by atoms with Gasteiger partial charge in [0.2, 0.25) is 0 Å². The van der Waals surface area contributed by atoms with Gasteiger partial charge in [-0.1, -0.05) is 127 Å². The van der Waals surface area contributed by atoms with Gasteiger partial charge < -0.3 is 9.47 Å². The third-order valence-corrected chi connectivity index (χ3v) is 11.1. The number of aromatic nitrogens is 1. The van der Waals surface area contributed by atoms with E-state index in [4.69, 9.17) is 0 Å². The van der Waals surface area contributed by atoms with Crippen LogP contribution in [0.4, 0.5) is 17.1 Å². The largest absolute Gasteiger partial charge is 0.310 e. The summed E-state index contributed by atoms with van der Waals surface area (Å²) in [5.41, 5.74) is 11.8. The lowest BCUT2D eigenvalue weighted by atomic mass is 9.97. The molecule has 0 N–H and O–H groups in total. The number of para-hydroxylation sites is 4. The maximum atomic E-state index is 2.41. The van der Waals surface area contributed by atoms with Gasteiger partial charge in [0.1, 0.15) is 0 Å². The molecule has 0 atom stereocenters. The first-order chi connectivity index (χ1) is 25.3. The molecule has 0 amide bonds. The zero-order valence-corrected chi connectivity index (χ0v) is 28.6. The standard InChI is InChI=1S/C48H32N2S/c1-2-16-36(17-3-1)49(45-25-13-27-47-48(45)41-21-7-11-26-46(41)51-47)37-30-28-33(29-31-37)34-14-12-15-35(32-34)38-18-4-8-22-42(38)50-43-23-9-5-19-39(43)40-20-6-10-24-44(40)50/h1-32H. The van der Waals surface area contributed by atoms with Crippen molar-refractivity contribution in [2.75, 3.05) is 4.90 Å². The molecule has 0 radical (unpaired) electrons. The lowest BCUT2D eigenvalue weighted by Crippen LogP contribution is -2.10. The van der Waals surface area contributed by atoms with Gasteiger partial charge in [-0.15, -0.1) is 11.3 Å². The molecule has 0 aliphatic heterocycles. The molecule has 0 saturated heterocycles. The molecule has 0 aliphatic rings. The summed E-state index contributed by atoms with van der Waals surface area (Å²) in [7, 11) is 0. The van der Waals surface area contributed by atoms with Crippen LogP contribution in [0.25, 0.3) is 69.9 Å². The molecule has 2 aromatic heterocycles. The zero-order valence-electron chi connectivity index (χ0n) is 27.8. The Hall–Kier alpha value is -6.42. The van der Waals surface area contributed by atoms with Gasteiger partial charge >= 0.3 is 0 Å². The Labute approximate surface area is 300 Å². The fourth-order valence-corrected chi connectivity index (χ4v) is 8.84. The third-order valence-electron chi connectivity index (χ3n) is 9.99. The number of benzene rings is 8. The third kappa shape index (κ3) is 4.93. The molecule has 0 fully saturated rings. The van der Waals surface area contributed by atoms with E-state index in [2.05, 4.69) is 204 Å². The van der Waals surface area contributed by atoms with Crippen LogP contribution in [-0.2, 0) is 0 Å². The number of anilines is 3. The Morgan fingerprint density at radius 1 is 0.392 bits per heavy atom. The molecular formula is C48H32N2S. The Kier molecular flexibility index (Phi) is 7.04. The summed E-state index contributed by atoms with van der Waals surface area (Å²) in [4.78, 5) is 2.39. The van der Waals surface area contributed by atoms with E-state index >= 15 is 0 Å². The number of hydrogen-bond donors (Lipinski definition) is 0. The fourth-order valence-electron chi connectivity index (χ4n) is 7.71. The first kappa shape index (κ1) is 29.5. The summed E-state index contributed by atoms with van der Waals surface area (Å²) in [5.74, 6) is 0. The van der Waals surface area contributed by atoms with Crippen LogP contribution < -0.4 is 4.90 Å². The maximum Gasteiger partial charge on any atom is 0.0554 e. The van der Waals surface area contributed by atoms with Gasteiger partial charge in [0.05, 0.1) is 22.4 Å². The second-order valence-corrected chi connectivity index (χ2v) is 14.0. The molecule has 0 spiro atoms. The van der Waals surface area contributed by atoms with Crippen molar-refractivity contribution in [3.05, 3.63) is 194 Å². The molecule has 2 heterocycles. The Morgan fingerprint density at radius 3 is 1.76 bits per heavy atom. The van der Waals surface area contributed by atoms with Gasteiger partial charge in [-0.25, -0.2) is 0 Å². The van der Waals surface area contributed by atoms with E-state index < -0.39 is 0 Å². The van der Waals surface area contributed by atoms with Gasteiger partial charge in [-0.3, -0.25) is 0 Å². The molecule has 240 valence electrons. The van der Waals surface area contributed by atoms with Crippen LogP contribution >= 0.6 is 11.3 Å². The van der Waals surface area contributed by atoms with Crippen molar-refractivity contribution in [1.29, 1.82) is 0 Å². The number of fused-ring (bicyclic) bond motifs is 6. The summed E-state index contributed by atoms with van der Waals surface area (Å²) in [6.07, 6.45) is 0. The van der Waals surface area contributed by atoms with Crippen molar-refractivity contribution in [1.82, 2.24) is 4.57 Å². The van der Waals surface area contributed by atoms with Crippen molar-refractivity contribution in [3.8, 4) is 27.9 Å². The summed E-state index contributed by atoms with van der Waals surface area (Å²) in [5, 5.41) is 5.12. The SMILES string of the molecule is c1ccc(N(c2ccc(-c3cccc(-c4ccccc4-n4c5ccccc5c5ccccc54)c3)cc2)c2cccc3sc4ccccc4c23)cc1. The monoisotopic (exact) mass is 668 g/mol. The van der Waals surface area contributed by atoms with Gasteiger partial charge in [-0.05, 0) is 83.4 Å². The minimum absolute atomic E-state index is 1.13. The lowest BCUT2D eigenvalue weighted by molar-refractivity contribution is 1.18. The highest BCUT2D eigenvalue weighted by Gasteiger charge is 2.19. The summed E-state index contributed by atoms with van der Waals surface area (Å²) in [6, 6.07) is 70.3. The number of rotatable bonds is 6. The topological polar surface area (TPSA) is 8.17 Å². The highest BCUT2D eigenvalue weighted by atomic mass is 32.1. The minimum Gasteiger partial charge on any atom is -0.310 e. The van der Waals surface area contributed by atoms with E-state index in [0.717, 1.165) is 11.4 Å². The number of hydrogen-bond acceptors (Lipinski definition) is 2. The number of thiophene rings is 1. The van der Waals surface area contributed by atoms with Gasteiger partial charge in [0.25, 0.3) is 0 Å². The molecule has 10 rings (SSSR count). The van der Waals surface area contributed by atoms with Gasteiger partial charge in [-0.2, -0.15) is 0 Å². The molecule has 0 saturated carbocycles. The minimum atomic E-state index is 1.13. The van der Waals surface area contributed by atoms with E-state index in [-0.39, 0.29) is 0 Å². The maximum absolute atomic E-state index is 2.41. The molecule has 0 unspecified atom stereocenters. The smallest absolute Gasteiger partial charge is 0.0554 e. The van der Waals surface area contributed by atoms with E-state index in [0.29, 0.717) is 0 Å². The van der Waals surface area contributed by atoms with Crippen molar-refractivity contribution in [3.63, 3.8) is 0 Å². The number of nitrogens with zero attached hydrogens (tertiary/aromatic N) is 2. The average Bonchev–Trinajstić information content (AvgIpc) is 3.75. The Bertz CT molecular complexity index is 2810. The van der Waals surface area contributed by atoms with Gasteiger partial charge in [0, 0.05) is 47.9 Å². The van der Waals surface area contributed by atoms with Crippen LogP contribution in [0.3, 0.4) is 0 Å². The van der Waals surface area contributed by atoms with Crippen LogP contribution in [-0.4, -0.2) is 4.57 Å². The Balaban J connectivity index is 1.07. The Morgan fingerprint density at radius 2 is 0.980 bits per heavy atom. The van der Waals surface area contributed by atoms with Crippen molar-refractivity contribution < 1.29 is 0 Å². The van der Waals surface area contributed by atoms with Crippen LogP contribution in [0.5, 0.6) is 0 Å². The molecule has 2 nitrogen and oxygen atoms in total. The highest BCUT2D eigenvalue weighted by molar-refractivity contribution is 7.26. The lowest BCUT2D eigenvalue weighted by Gasteiger charge is -2.26. The molecule has 0 bridgehead atoms. The molecule has 51 heavy (non-hydrogen) atoms. The quantitative estimate of drug-likeness (QED) is 0.171. The second-order valence-electron chi connectivity index (χ2n) is 12.9. The average molecular weight is 669 g/mol. The van der Waals surface area contributed by atoms with Crippen molar-refractivity contribution in [2.45, 2.75) is 0 Å². The first-order valence-corrected chi connectivity index (χ1v) is 18.2. The molecular weight excluding hydrogens is 637 g/mol. The molecule has 0 aliphatic carbocycles. The van der Waals surface area contributed by atoms with Crippen molar-refractivity contribution >= 4 is 70.4 Å². The van der Waals surface area contributed by atoms with Crippen LogP contribution in [0.2, 0.25) is 0 Å². The van der Waals surface area contributed by atoms with Crippen molar-refractivity contribution in [2.24, 2.45) is 0 Å². The summed E-state index contributed by atoms with van der Waals surface area (Å²) in [6.45, 7) is 0. The molecule has 10 aromatic rings. The van der Waals surface area contributed by atoms with E-state index in [1.54, 1.807) is 0 Å². The van der Waals surface area contributed by atoms with E-state index in [1.807, 2.05) is 11.3 Å². The van der Waals surface area contributed by atoms with Crippen LogP contribution in [0.15, 0.2) is 194 Å². The van der Waals surface area contributed by atoms with Gasteiger partial charge in [0.15, 0.2) is 0 Å². The van der Waals surface area contributed by atoms with E-state index in [9.17, 15) is 0 Å². The fraction of sp³-hybridized carbons (Fsp3) is 0. The summed E-state index contributed by atoms with van der Waals surface area (Å²) >= 11 is 1.86. The van der Waals surface area contributed by atoms with Crippen LogP contribution in [0, 0.1) is 0 Å². The molecule has 3 heteroatoms. The predicted octanol–water partition coefficient (Wildman–Crippen LogP) is 14.0. The van der Waals surface area contributed by atoms with Crippen LogP contribution in [0.1, 0.15) is 0 Å². The summed E-state index contributed by atoms with van der Waals surface area (Å²) < 4.78 is 5.02. The second kappa shape index (κ2) is 12.2. The first-order valence-electron chi connectivity index (χ1n) is 17.4. The normalized spacial score (nSPS) is 11.5. The highest BCUT2D eigenvalue weighted by Crippen LogP contribution is 2.45. The zero-order chi connectivity index (χ0) is 33.7.